The molecule has 5 nitrogen and oxygen atoms in total. The number of hydrogen-bond donors (Lipinski definition) is 1. The van der Waals surface area contributed by atoms with Crippen molar-refractivity contribution in [3.8, 4) is 5.75 Å². The third-order valence-corrected chi connectivity index (χ3v) is 2.25. The van der Waals surface area contributed by atoms with Crippen molar-refractivity contribution in [3.63, 3.8) is 0 Å². The van der Waals surface area contributed by atoms with Crippen molar-refractivity contribution in [3.05, 3.63) is 24.3 Å². The van der Waals surface area contributed by atoms with Crippen LogP contribution in [0.4, 0.5) is 0 Å². The van der Waals surface area contributed by atoms with E-state index in [4.69, 9.17) is 4.55 Å². The second kappa shape index (κ2) is 5.62. The number of rotatable bonds is 2. The average Bonchev–Trinajstić information content (AvgIpc) is 2.02. The second-order valence-corrected chi connectivity index (χ2v) is 3.96. The van der Waals surface area contributed by atoms with E-state index in [0.717, 1.165) is 12.1 Å². The Morgan fingerprint density at radius 3 is 2.13 bits per heavy atom. The van der Waals surface area contributed by atoms with Gasteiger partial charge in [-0.1, -0.05) is 0 Å². The number of benzene rings is 1. The zero-order valence-corrected chi connectivity index (χ0v) is 11.1. The Morgan fingerprint density at radius 1 is 1.33 bits per heavy atom. The minimum Gasteiger partial charge on any atom is -1.00 e. The third-order valence-electron chi connectivity index (χ3n) is 1.38. The SMILES string of the molecule is CC(=O)Oc1ccc(S(=O)(=O)O)cc1.[H-].[Na+]. The molecule has 0 spiro atoms. The molecule has 0 radical (unpaired) electrons. The van der Waals surface area contributed by atoms with Gasteiger partial charge in [0.25, 0.3) is 10.1 Å². The minimum absolute atomic E-state index is 0. The van der Waals surface area contributed by atoms with Crippen LogP contribution in [0.3, 0.4) is 0 Å². The summed E-state index contributed by atoms with van der Waals surface area (Å²) in [6.45, 7) is 1.23. The van der Waals surface area contributed by atoms with Crippen molar-refractivity contribution in [1.29, 1.82) is 0 Å². The molecule has 1 aromatic carbocycles. The van der Waals surface area contributed by atoms with E-state index in [1.807, 2.05) is 0 Å². The minimum atomic E-state index is -4.19. The van der Waals surface area contributed by atoms with E-state index in [9.17, 15) is 13.2 Å². The monoisotopic (exact) mass is 240 g/mol. The third kappa shape index (κ3) is 4.76. The van der Waals surface area contributed by atoms with Crippen LogP contribution in [0.15, 0.2) is 29.2 Å². The van der Waals surface area contributed by atoms with Crippen molar-refractivity contribution >= 4 is 16.1 Å². The van der Waals surface area contributed by atoms with Gasteiger partial charge in [0.1, 0.15) is 5.75 Å². The predicted molar refractivity (Wildman–Crippen MR) is 48.7 cm³/mol. The fourth-order valence-electron chi connectivity index (χ4n) is 0.846. The number of esters is 1. The predicted octanol–water partition coefficient (Wildman–Crippen LogP) is -2.02. The van der Waals surface area contributed by atoms with Gasteiger partial charge in [-0.05, 0) is 24.3 Å². The summed E-state index contributed by atoms with van der Waals surface area (Å²) in [5.41, 5.74) is 0. The first-order valence-electron chi connectivity index (χ1n) is 3.65. The molecule has 0 aliphatic rings. The first kappa shape index (κ1) is 14.6. The van der Waals surface area contributed by atoms with Gasteiger partial charge in [-0.3, -0.25) is 9.35 Å². The summed E-state index contributed by atoms with van der Waals surface area (Å²) in [7, 11) is -4.19. The largest absolute Gasteiger partial charge is 1.00 e. The van der Waals surface area contributed by atoms with Crippen LogP contribution in [0.25, 0.3) is 0 Å². The quantitative estimate of drug-likeness (QED) is 0.279. The van der Waals surface area contributed by atoms with Gasteiger partial charge in [0.2, 0.25) is 0 Å². The first-order chi connectivity index (χ1) is 6.39. The van der Waals surface area contributed by atoms with Gasteiger partial charge >= 0.3 is 35.5 Å². The Labute approximate surface area is 111 Å². The molecule has 0 amide bonds. The summed E-state index contributed by atoms with van der Waals surface area (Å²) in [6.07, 6.45) is 0. The standard InChI is InChI=1S/C8H8O5S.Na.H/c1-6(9)13-7-2-4-8(5-3-7)14(10,11)12;;/h2-5H,1H3,(H,10,11,12);;/q;+1;-1. The molecular weight excluding hydrogens is 231 g/mol. The molecule has 0 unspecified atom stereocenters. The molecule has 1 N–H and O–H groups in total. The second-order valence-electron chi connectivity index (χ2n) is 2.54. The summed E-state index contributed by atoms with van der Waals surface area (Å²) >= 11 is 0. The zero-order chi connectivity index (χ0) is 10.8. The fourth-order valence-corrected chi connectivity index (χ4v) is 1.33. The molecule has 1 rings (SSSR count). The number of ether oxygens (including phenoxy) is 1. The van der Waals surface area contributed by atoms with Crippen molar-refractivity contribution in [2.24, 2.45) is 0 Å². The molecule has 15 heavy (non-hydrogen) atoms. The molecule has 78 valence electrons. The summed E-state index contributed by atoms with van der Waals surface area (Å²) in [5.74, 6) is -0.269. The number of hydrogen-bond acceptors (Lipinski definition) is 4. The van der Waals surface area contributed by atoms with Crippen LogP contribution in [0.2, 0.25) is 0 Å². The maximum Gasteiger partial charge on any atom is 1.00 e. The van der Waals surface area contributed by atoms with E-state index < -0.39 is 16.1 Å². The van der Waals surface area contributed by atoms with Crippen molar-refractivity contribution < 1.29 is 53.5 Å². The van der Waals surface area contributed by atoms with E-state index in [1.54, 1.807) is 0 Å². The molecule has 0 aliphatic heterocycles. The molecule has 0 bridgehead atoms. The fraction of sp³-hybridized carbons (Fsp3) is 0.125. The molecule has 0 saturated heterocycles. The van der Waals surface area contributed by atoms with E-state index >= 15 is 0 Å². The average molecular weight is 240 g/mol. The van der Waals surface area contributed by atoms with Crippen LogP contribution in [0, 0.1) is 0 Å². The van der Waals surface area contributed by atoms with Crippen molar-refractivity contribution in [2.75, 3.05) is 0 Å². The molecule has 0 fully saturated rings. The molecule has 0 saturated carbocycles. The Morgan fingerprint density at radius 2 is 1.80 bits per heavy atom. The Kier molecular flexibility index (Phi) is 5.47. The Balaban J connectivity index is 0. The maximum absolute atomic E-state index is 10.6. The van der Waals surface area contributed by atoms with Gasteiger partial charge in [-0.2, -0.15) is 8.42 Å². The van der Waals surface area contributed by atoms with E-state index in [0.29, 0.717) is 0 Å². The van der Waals surface area contributed by atoms with Crippen LogP contribution in [-0.2, 0) is 14.9 Å². The first-order valence-corrected chi connectivity index (χ1v) is 5.09. The van der Waals surface area contributed by atoms with E-state index in [-0.39, 0.29) is 41.6 Å². The van der Waals surface area contributed by atoms with Gasteiger partial charge in [0, 0.05) is 6.92 Å². The maximum atomic E-state index is 10.6. The zero-order valence-electron chi connectivity index (χ0n) is 9.30. The van der Waals surface area contributed by atoms with Crippen LogP contribution >= 0.6 is 0 Å². The smallest absolute Gasteiger partial charge is 1.00 e. The van der Waals surface area contributed by atoms with Crippen LogP contribution < -0.4 is 34.3 Å². The van der Waals surface area contributed by atoms with Crippen molar-refractivity contribution in [1.82, 2.24) is 0 Å². The summed E-state index contributed by atoms with van der Waals surface area (Å²) in [5, 5.41) is 0. The molecule has 7 heteroatoms. The van der Waals surface area contributed by atoms with Gasteiger partial charge in [0.15, 0.2) is 0 Å². The van der Waals surface area contributed by atoms with Crippen LogP contribution in [-0.4, -0.2) is 18.9 Å². The summed E-state index contributed by atoms with van der Waals surface area (Å²) in [4.78, 5) is 10.3. The molecule has 0 aliphatic carbocycles. The normalized spacial score (nSPS) is 10.3. The van der Waals surface area contributed by atoms with Crippen LogP contribution in [0.1, 0.15) is 8.35 Å². The van der Waals surface area contributed by atoms with E-state index in [2.05, 4.69) is 4.74 Å². The van der Waals surface area contributed by atoms with Gasteiger partial charge in [-0.25, -0.2) is 0 Å². The molecule has 1 aromatic rings. The summed E-state index contributed by atoms with van der Waals surface area (Å²) in [6, 6.07) is 4.86. The van der Waals surface area contributed by atoms with Gasteiger partial charge < -0.3 is 6.16 Å². The number of carbonyl (C=O) groups is 1. The van der Waals surface area contributed by atoms with Gasteiger partial charge in [0.05, 0.1) is 4.90 Å². The Hall–Kier alpha value is -0.400. The van der Waals surface area contributed by atoms with Crippen molar-refractivity contribution in [2.45, 2.75) is 11.8 Å². The molecular formula is C8H9NaO5S. The van der Waals surface area contributed by atoms with E-state index in [1.165, 1.54) is 19.1 Å². The summed E-state index contributed by atoms with van der Waals surface area (Å²) < 4.78 is 34.5. The molecule has 0 aromatic heterocycles. The molecule has 0 heterocycles. The topological polar surface area (TPSA) is 80.7 Å². The molecule has 0 atom stereocenters. The van der Waals surface area contributed by atoms with Crippen LogP contribution in [0.5, 0.6) is 5.75 Å². The number of carbonyl (C=O) groups excluding carboxylic acids is 1. The van der Waals surface area contributed by atoms with Gasteiger partial charge in [-0.15, -0.1) is 0 Å². The Bertz CT molecular complexity index is 442.